The maximum Gasteiger partial charge on any atom is 0.302 e. The van der Waals surface area contributed by atoms with Crippen molar-refractivity contribution >= 4 is 28.0 Å². The Labute approximate surface area is 91.7 Å². The van der Waals surface area contributed by atoms with Crippen molar-refractivity contribution in [3.05, 3.63) is 40.4 Å². The summed E-state index contributed by atoms with van der Waals surface area (Å²) in [5, 5.41) is 0. The summed E-state index contributed by atoms with van der Waals surface area (Å²) in [4.78, 5) is 10.5. The van der Waals surface area contributed by atoms with Crippen LogP contribution >= 0.6 is 15.9 Å². The number of hydrogen-bond acceptors (Lipinski definition) is 2. The maximum absolute atomic E-state index is 10.5. The lowest BCUT2D eigenvalue weighted by molar-refractivity contribution is -0.139. The van der Waals surface area contributed by atoms with Crippen LogP contribution in [0.3, 0.4) is 0 Å². The average Bonchev–Trinajstić information content (AvgIpc) is 2.16. The van der Waals surface area contributed by atoms with E-state index in [0.717, 1.165) is 10.0 Å². The number of esters is 1. The average molecular weight is 255 g/mol. The van der Waals surface area contributed by atoms with Gasteiger partial charge in [0.2, 0.25) is 0 Å². The number of ether oxygens (including phenoxy) is 1. The molecule has 14 heavy (non-hydrogen) atoms. The fourth-order valence-electron chi connectivity index (χ4n) is 0.942. The van der Waals surface area contributed by atoms with Gasteiger partial charge in [0.25, 0.3) is 0 Å². The Kier molecular flexibility index (Phi) is 4.40. The molecule has 0 atom stereocenters. The smallest absolute Gasteiger partial charge is 0.302 e. The number of carbonyl (C=O) groups is 1. The molecule has 1 rings (SSSR count). The third-order valence-electron chi connectivity index (χ3n) is 1.54. The molecule has 2 nitrogen and oxygen atoms in total. The van der Waals surface area contributed by atoms with E-state index < -0.39 is 0 Å². The minimum absolute atomic E-state index is 0.275. The largest absolute Gasteiger partial charge is 0.460 e. The molecular weight excluding hydrogens is 244 g/mol. The highest BCUT2D eigenvalue weighted by atomic mass is 79.9. The third kappa shape index (κ3) is 4.23. The molecule has 0 spiro atoms. The normalized spacial score (nSPS) is 11.1. The summed E-state index contributed by atoms with van der Waals surface area (Å²) in [6, 6.07) is 9.83. The molecule has 1 aromatic carbocycles. The van der Waals surface area contributed by atoms with Crippen molar-refractivity contribution in [2.45, 2.75) is 6.92 Å². The van der Waals surface area contributed by atoms with Crippen molar-refractivity contribution < 1.29 is 9.53 Å². The summed E-state index contributed by atoms with van der Waals surface area (Å²) < 4.78 is 5.67. The van der Waals surface area contributed by atoms with E-state index in [1.165, 1.54) is 6.92 Å². The second-order valence-electron chi connectivity index (χ2n) is 2.78. The molecule has 0 aromatic heterocycles. The predicted molar refractivity (Wildman–Crippen MR) is 60.0 cm³/mol. The van der Waals surface area contributed by atoms with Crippen molar-refractivity contribution in [1.82, 2.24) is 0 Å². The zero-order chi connectivity index (χ0) is 10.4. The van der Waals surface area contributed by atoms with Crippen molar-refractivity contribution in [3.8, 4) is 0 Å². The van der Waals surface area contributed by atoms with Crippen LogP contribution in [0.5, 0.6) is 0 Å². The third-order valence-corrected chi connectivity index (χ3v) is 1.99. The van der Waals surface area contributed by atoms with E-state index in [-0.39, 0.29) is 12.6 Å². The summed E-state index contributed by atoms with van der Waals surface area (Å²) in [6.45, 7) is 1.67. The van der Waals surface area contributed by atoms with Crippen molar-refractivity contribution in [1.29, 1.82) is 0 Å². The Hall–Kier alpha value is -1.09. The number of rotatable bonds is 3. The summed E-state index contributed by atoms with van der Waals surface area (Å²) in [5.41, 5.74) is 1.08. The lowest BCUT2D eigenvalue weighted by Gasteiger charge is -2.00. The first kappa shape index (κ1) is 11.0. The van der Waals surface area contributed by atoms with E-state index in [9.17, 15) is 4.79 Å². The molecule has 74 valence electrons. The van der Waals surface area contributed by atoms with Crippen LogP contribution in [0, 0.1) is 0 Å². The fourth-order valence-corrected chi connectivity index (χ4v) is 1.32. The van der Waals surface area contributed by atoms with Gasteiger partial charge in [-0.15, -0.1) is 0 Å². The predicted octanol–water partition coefficient (Wildman–Crippen LogP) is 2.99. The van der Waals surface area contributed by atoms with Crippen molar-refractivity contribution in [2.75, 3.05) is 6.61 Å². The lowest BCUT2D eigenvalue weighted by Crippen LogP contribution is -1.99. The Morgan fingerprint density at radius 3 is 2.64 bits per heavy atom. The standard InChI is InChI=1S/C11H11BrO2/c1-9(13)14-8-11(12)7-10-5-3-2-4-6-10/h2-7H,8H2,1H3. The van der Waals surface area contributed by atoms with E-state index in [4.69, 9.17) is 4.74 Å². The topological polar surface area (TPSA) is 26.3 Å². The number of halogens is 1. The van der Waals surface area contributed by atoms with E-state index in [1.807, 2.05) is 36.4 Å². The molecule has 0 aliphatic rings. The van der Waals surface area contributed by atoms with Crippen molar-refractivity contribution in [2.24, 2.45) is 0 Å². The van der Waals surface area contributed by atoms with Gasteiger partial charge >= 0.3 is 5.97 Å². The molecule has 0 amide bonds. The second kappa shape index (κ2) is 5.60. The van der Waals surface area contributed by atoms with Crippen LogP contribution in [0.4, 0.5) is 0 Å². The minimum atomic E-state index is -0.275. The zero-order valence-electron chi connectivity index (χ0n) is 7.87. The molecule has 1 aromatic rings. The Morgan fingerprint density at radius 1 is 1.43 bits per heavy atom. The summed E-state index contributed by atoms with van der Waals surface area (Å²) >= 11 is 3.33. The first-order valence-corrected chi connectivity index (χ1v) is 5.02. The van der Waals surface area contributed by atoms with E-state index in [1.54, 1.807) is 0 Å². The van der Waals surface area contributed by atoms with E-state index in [2.05, 4.69) is 15.9 Å². The van der Waals surface area contributed by atoms with Crippen LogP contribution in [-0.2, 0) is 9.53 Å². The molecule has 3 heteroatoms. The number of carbonyl (C=O) groups excluding carboxylic acids is 1. The summed E-state index contributed by atoms with van der Waals surface area (Å²) in [6.07, 6.45) is 1.92. The van der Waals surface area contributed by atoms with Crippen LogP contribution < -0.4 is 0 Å². The van der Waals surface area contributed by atoms with Crippen LogP contribution in [0.1, 0.15) is 12.5 Å². The summed E-state index contributed by atoms with van der Waals surface area (Å²) in [5.74, 6) is -0.275. The number of hydrogen-bond donors (Lipinski definition) is 0. The highest BCUT2D eigenvalue weighted by molar-refractivity contribution is 9.11. The molecule has 0 N–H and O–H groups in total. The first-order chi connectivity index (χ1) is 6.68. The van der Waals surface area contributed by atoms with Crippen LogP contribution in [-0.4, -0.2) is 12.6 Å². The monoisotopic (exact) mass is 254 g/mol. The van der Waals surface area contributed by atoms with Crippen LogP contribution in [0.15, 0.2) is 34.8 Å². The van der Waals surface area contributed by atoms with Gasteiger partial charge in [-0.25, -0.2) is 0 Å². The lowest BCUT2D eigenvalue weighted by atomic mass is 10.2. The maximum atomic E-state index is 10.5. The molecule has 0 fully saturated rings. The Morgan fingerprint density at radius 2 is 2.07 bits per heavy atom. The Bertz CT molecular complexity index is 330. The molecule has 0 unspecified atom stereocenters. The van der Waals surface area contributed by atoms with Gasteiger partial charge in [-0.1, -0.05) is 46.3 Å². The van der Waals surface area contributed by atoms with Crippen molar-refractivity contribution in [3.63, 3.8) is 0 Å². The van der Waals surface area contributed by atoms with Crippen LogP contribution in [0.2, 0.25) is 0 Å². The minimum Gasteiger partial charge on any atom is -0.460 e. The zero-order valence-corrected chi connectivity index (χ0v) is 9.45. The SMILES string of the molecule is CC(=O)OCC(Br)=Cc1ccccc1. The molecule has 0 radical (unpaired) electrons. The molecule has 0 saturated heterocycles. The van der Waals surface area contributed by atoms with Gasteiger partial charge in [-0.2, -0.15) is 0 Å². The van der Waals surface area contributed by atoms with Gasteiger partial charge < -0.3 is 4.74 Å². The molecular formula is C11H11BrO2. The summed E-state index contributed by atoms with van der Waals surface area (Å²) in [7, 11) is 0. The van der Waals surface area contributed by atoms with Gasteiger partial charge in [0, 0.05) is 11.4 Å². The molecule has 0 saturated carbocycles. The van der Waals surface area contributed by atoms with E-state index >= 15 is 0 Å². The highest BCUT2D eigenvalue weighted by Gasteiger charge is 1.96. The van der Waals surface area contributed by atoms with Gasteiger partial charge in [0.1, 0.15) is 6.61 Å². The molecule has 0 aliphatic carbocycles. The molecule has 0 aliphatic heterocycles. The van der Waals surface area contributed by atoms with Crippen LogP contribution in [0.25, 0.3) is 6.08 Å². The molecule has 0 heterocycles. The number of benzene rings is 1. The van der Waals surface area contributed by atoms with Gasteiger partial charge in [-0.05, 0) is 11.6 Å². The van der Waals surface area contributed by atoms with E-state index in [0.29, 0.717) is 0 Å². The fraction of sp³-hybridized carbons (Fsp3) is 0.182. The van der Waals surface area contributed by atoms with Gasteiger partial charge in [0.05, 0.1) is 0 Å². The second-order valence-corrected chi connectivity index (χ2v) is 3.80. The quantitative estimate of drug-likeness (QED) is 0.776. The Balaban J connectivity index is 2.56. The molecule has 0 bridgehead atoms. The van der Waals surface area contributed by atoms with Gasteiger partial charge in [-0.3, -0.25) is 4.79 Å². The van der Waals surface area contributed by atoms with Gasteiger partial charge in [0.15, 0.2) is 0 Å². The highest BCUT2D eigenvalue weighted by Crippen LogP contribution is 2.12. The first-order valence-electron chi connectivity index (χ1n) is 4.23.